The SMILES string of the molecule is Cc1cc(N2CCN3CCCCC3C2)c(C(N)=S)c(C)n1. The molecule has 2 fully saturated rings. The van der Waals surface area contributed by atoms with Crippen LogP contribution in [-0.2, 0) is 0 Å². The van der Waals surface area contributed by atoms with E-state index in [0.717, 1.165) is 36.6 Å². The monoisotopic (exact) mass is 304 g/mol. The van der Waals surface area contributed by atoms with Gasteiger partial charge in [-0.3, -0.25) is 9.88 Å². The number of hydrogen-bond donors (Lipinski definition) is 1. The summed E-state index contributed by atoms with van der Waals surface area (Å²) >= 11 is 5.27. The van der Waals surface area contributed by atoms with Crippen molar-refractivity contribution in [2.75, 3.05) is 31.1 Å². The van der Waals surface area contributed by atoms with Crippen LogP contribution in [-0.4, -0.2) is 47.1 Å². The summed E-state index contributed by atoms with van der Waals surface area (Å²) in [6.07, 6.45) is 4.01. The molecule has 2 aliphatic heterocycles. The van der Waals surface area contributed by atoms with E-state index in [1.54, 1.807) is 0 Å². The Bertz CT molecular complexity index is 557. The molecule has 3 rings (SSSR count). The van der Waals surface area contributed by atoms with Crippen LogP contribution in [0.15, 0.2) is 6.07 Å². The number of fused-ring (bicyclic) bond motifs is 1. The van der Waals surface area contributed by atoms with E-state index in [1.165, 1.54) is 31.5 Å². The van der Waals surface area contributed by atoms with Gasteiger partial charge in [-0.2, -0.15) is 0 Å². The third-order valence-electron chi connectivity index (χ3n) is 4.73. The smallest absolute Gasteiger partial charge is 0.107 e. The van der Waals surface area contributed by atoms with Crippen molar-refractivity contribution >= 4 is 22.9 Å². The summed E-state index contributed by atoms with van der Waals surface area (Å²) in [4.78, 5) is 10.1. The minimum atomic E-state index is 0.459. The van der Waals surface area contributed by atoms with Crippen molar-refractivity contribution < 1.29 is 0 Å². The number of aryl methyl sites for hydroxylation is 2. The molecular formula is C16H24N4S. The van der Waals surface area contributed by atoms with Gasteiger partial charge in [-0.1, -0.05) is 18.6 Å². The first-order chi connectivity index (χ1) is 10.1. The topological polar surface area (TPSA) is 45.4 Å². The Morgan fingerprint density at radius 2 is 2.10 bits per heavy atom. The second-order valence-corrected chi connectivity index (χ2v) is 6.68. The van der Waals surface area contributed by atoms with Crippen LogP contribution in [0.2, 0.25) is 0 Å². The van der Waals surface area contributed by atoms with Gasteiger partial charge in [0, 0.05) is 37.1 Å². The van der Waals surface area contributed by atoms with Crippen LogP contribution in [0, 0.1) is 13.8 Å². The fraction of sp³-hybridized carbons (Fsp3) is 0.625. The fourth-order valence-corrected chi connectivity index (χ4v) is 3.99. The minimum absolute atomic E-state index is 0.459. The molecule has 114 valence electrons. The Labute approximate surface area is 132 Å². The highest BCUT2D eigenvalue weighted by atomic mass is 32.1. The molecule has 0 aromatic carbocycles. The van der Waals surface area contributed by atoms with Crippen molar-refractivity contribution in [2.24, 2.45) is 5.73 Å². The summed E-state index contributed by atoms with van der Waals surface area (Å²) < 4.78 is 0. The predicted molar refractivity (Wildman–Crippen MR) is 91.0 cm³/mol. The van der Waals surface area contributed by atoms with Gasteiger partial charge >= 0.3 is 0 Å². The lowest BCUT2D eigenvalue weighted by Gasteiger charge is -2.45. The van der Waals surface area contributed by atoms with Crippen LogP contribution >= 0.6 is 12.2 Å². The lowest BCUT2D eigenvalue weighted by atomic mass is 9.98. The number of piperazine rings is 1. The van der Waals surface area contributed by atoms with E-state index in [2.05, 4.69) is 20.9 Å². The molecule has 2 aliphatic rings. The lowest BCUT2D eigenvalue weighted by Crippen LogP contribution is -2.55. The van der Waals surface area contributed by atoms with Crippen LogP contribution in [0.3, 0.4) is 0 Å². The summed E-state index contributed by atoms with van der Waals surface area (Å²) in [6, 6.07) is 2.82. The summed E-state index contributed by atoms with van der Waals surface area (Å²) in [6.45, 7) is 8.57. The number of rotatable bonds is 2. The number of nitrogens with two attached hydrogens (primary N) is 1. The summed E-state index contributed by atoms with van der Waals surface area (Å²) in [5.41, 5.74) is 10.1. The first-order valence-corrected chi connectivity index (χ1v) is 8.24. The molecule has 0 radical (unpaired) electrons. The largest absolute Gasteiger partial charge is 0.389 e. The second-order valence-electron chi connectivity index (χ2n) is 6.24. The molecule has 2 saturated heterocycles. The van der Waals surface area contributed by atoms with E-state index in [-0.39, 0.29) is 0 Å². The average molecular weight is 304 g/mol. The number of piperidine rings is 1. The van der Waals surface area contributed by atoms with Gasteiger partial charge in [-0.15, -0.1) is 0 Å². The van der Waals surface area contributed by atoms with Crippen molar-refractivity contribution in [3.05, 3.63) is 23.0 Å². The second kappa shape index (κ2) is 5.89. The Kier molecular flexibility index (Phi) is 4.13. The van der Waals surface area contributed by atoms with Gasteiger partial charge in [0.05, 0.1) is 11.3 Å². The molecule has 0 spiro atoms. The minimum Gasteiger partial charge on any atom is -0.389 e. The Morgan fingerprint density at radius 1 is 1.29 bits per heavy atom. The number of pyridine rings is 1. The van der Waals surface area contributed by atoms with Crippen LogP contribution in [0.25, 0.3) is 0 Å². The normalized spacial score (nSPS) is 23.0. The van der Waals surface area contributed by atoms with E-state index in [9.17, 15) is 0 Å². The highest BCUT2D eigenvalue weighted by Gasteiger charge is 2.30. The molecule has 21 heavy (non-hydrogen) atoms. The maximum atomic E-state index is 5.96. The fourth-order valence-electron chi connectivity index (χ4n) is 3.74. The zero-order valence-electron chi connectivity index (χ0n) is 12.9. The molecule has 0 bridgehead atoms. The van der Waals surface area contributed by atoms with Crippen molar-refractivity contribution in [2.45, 2.75) is 39.2 Å². The maximum absolute atomic E-state index is 5.96. The molecule has 2 N–H and O–H groups in total. The zero-order chi connectivity index (χ0) is 15.0. The standard InChI is InChI=1S/C16H24N4S/c1-11-9-14(15(16(17)21)12(2)18-11)20-8-7-19-6-4-3-5-13(19)10-20/h9,13H,3-8,10H2,1-2H3,(H2,17,21). The Balaban J connectivity index is 1.91. The summed E-state index contributed by atoms with van der Waals surface area (Å²) in [5, 5.41) is 0. The molecule has 0 saturated carbocycles. The zero-order valence-corrected chi connectivity index (χ0v) is 13.7. The molecule has 5 heteroatoms. The van der Waals surface area contributed by atoms with Crippen LogP contribution in [0.4, 0.5) is 5.69 Å². The molecular weight excluding hydrogens is 280 g/mol. The van der Waals surface area contributed by atoms with Crippen LogP contribution in [0.5, 0.6) is 0 Å². The quantitative estimate of drug-likeness (QED) is 0.847. The van der Waals surface area contributed by atoms with Gasteiger partial charge in [0.25, 0.3) is 0 Å². The maximum Gasteiger partial charge on any atom is 0.107 e. The number of hydrogen-bond acceptors (Lipinski definition) is 4. The molecule has 1 aromatic rings. The van der Waals surface area contributed by atoms with Crippen LogP contribution < -0.4 is 10.6 Å². The van der Waals surface area contributed by atoms with Gasteiger partial charge < -0.3 is 10.6 Å². The van der Waals surface area contributed by atoms with Crippen molar-refractivity contribution in [1.29, 1.82) is 0 Å². The number of nitrogens with zero attached hydrogens (tertiary/aromatic N) is 3. The average Bonchev–Trinajstić information content (AvgIpc) is 2.45. The highest BCUT2D eigenvalue weighted by Crippen LogP contribution is 2.29. The molecule has 1 unspecified atom stereocenters. The van der Waals surface area contributed by atoms with E-state index >= 15 is 0 Å². The molecule has 0 aliphatic carbocycles. The van der Waals surface area contributed by atoms with E-state index < -0.39 is 0 Å². The van der Waals surface area contributed by atoms with Crippen molar-refractivity contribution in [3.63, 3.8) is 0 Å². The predicted octanol–water partition coefficient (Wildman–Crippen LogP) is 2.01. The van der Waals surface area contributed by atoms with Crippen LogP contribution in [0.1, 0.15) is 36.2 Å². The third kappa shape index (κ3) is 2.90. The molecule has 4 nitrogen and oxygen atoms in total. The van der Waals surface area contributed by atoms with Gasteiger partial charge in [0.15, 0.2) is 0 Å². The first kappa shape index (κ1) is 14.7. The van der Waals surface area contributed by atoms with Crippen molar-refractivity contribution in [3.8, 4) is 0 Å². The van der Waals surface area contributed by atoms with Crippen molar-refractivity contribution in [1.82, 2.24) is 9.88 Å². The van der Waals surface area contributed by atoms with Gasteiger partial charge in [0.1, 0.15) is 4.99 Å². The van der Waals surface area contributed by atoms with E-state index in [4.69, 9.17) is 18.0 Å². The molecule has 1 atom stereocenters. The van der Waals surface area contributed by atoms with Gasteiger partial charge in [-0.25, -0.2) is 0 Å². The number of aromatic nitrogens is 1. The Hall–Kier alpha value is -1.20. The number of anilines is 1. The van der Waals surface area contributed by atoms with Gasteiger partial charge in [0.2, 0.25) is 0 Å². The van der Waals surface area contributed by atoms with Gasteiger partial charge in [-0.05, 0) is 39.3 Å². The lowest BCUT2D eigenvalue weighted by molar-refractivity contribution is 0.133. The summed E-state index contributed by atoms with van der Waals surface area (Å²) in [7, 11) is 0. The third-order valence-corrected chi connectivity index (χ3v) is 4.94. The number of thiocarbonyl (C=S) groups is 1. The summed E-state index contributed by atoms with van der Waals surface area (Å²) in [5.74, 6) is 0. The van der Waals surface area contributed by atoms with E-state index in [1.807, 2.05) is 13.8 Å². The molecule has 0 amide bonds. The molecule has 3 heterocycles. The Morgan fingerprint density at radius 3 is 2.86 bits per heavy atom. The first-order valence-electron chi connectivity index (χ1n) is 7.83. The highest BCUT2D eigenvalue weighted by molar-refractivity contribution is 7.80. The molecule has 1 aromatic heterocycles. The van der Waals surface area contributed by atoms with E-state index in [0.29, 0.717) is 11.0 Å².